The Balaban J connectivity index is 0.000000448. The van der Waals surface area contributed by atoms with Crippen LogP contribution < -0.4 is 10.1 Å². The first-order chi connectivity index (χ1) is 18.6. The molecule has 5 rings (SSSR count). The highest BCUT2D eigenvalue weighted by atomic mass is 19.4. The van der Waals surface area contributed by atoms with Gasteiger partial charge in [0.1, 0.15) is 11.9 Å². The van der Waals surface area contributed by atoms with Crippen LogP contribution in [0.4, 0.5) is 18.0 Å². The minimum atomic E-state index is -5.08. The summed E-state index contributed by atoms with van der Waals surface area (Å²) < 4.78 is 48.1. The molecule has 0 aromatic heterocycles. The van der Waals surface area contributed by atoms with Crippen molar-refractivity contribution in [1.29, 1.82) is 0 Å². The normalized spacial score (nSPS) is 24.1. The Bertz CT molecular complexity index is 1140. The van der Waals surface area contributed by atoms with Gasteiger partial charge in [-0.25, -0.2) is 9.59 Å². The molecule has 1 heterocycles. The molecule has 2 fully saturated rings. The van der Waals surface area contributed by atoms with Crippen LogP contribution in [-0.2, 0) is 32.5 Å². The van der Waals surface area contributed by atoms with E-state index in [1.807, 2.05) is 43.3 Å². The molecule has 7 nitrogen and oxygen atoms in total. The minimum Gasteiger partial charge on any atom is -0.475 e. The van der Waals surface area contributed by atoms with Crippen LogP contribution in [-0.4, -0.2) is 48.9 Å². The van der Waals surface area contributed by atoms with Gasteiger partial charge < -0.3 is 24.6 Å². The largest absolute Gasteiger partial charge is 0.511 e. The molecule has 0 amide bonds. The van der Waals surface area contributed by atoms with Crippen molar-refractivity contribution in [3.05, 3.63) is 65.2 Å². The number of piperidine rings is 1. The Labute approximate surface area is 225 Å². The zero-order chi connectivity index (χ0) is 28.0. The molecular weight excluding hydrogens is 515 g/mol. The fraction of sp³-hybridized carbons (Fsp3) is 0.517. The lowest BCUT2D eigenvalue weighted by atomic mass is 9.53. The first-order valence-electron chi connectivity index (χ1n) is 13.3. The van der Waals surface area contributed by atoms with Crippen LogP contribution in [0.5, 0.6) is 5.75 Å². The zero-order valence-electron chi connectivity index (χ0n) is 21.8. The van der Waals surface area contributed by atoms with E-state index in [1.54, 1.807) is 0 Å². The molecule has 2 N–H and O–H groups in total. The third-order valence-corrected chi connectivity index (χ3v) is 7.93. The summed E-state index contributed by atoms with van der Waals surface area (Å²) in [6, 6.07) is 17.0. The van der Waals surface area contributed by atoms with Crippen LogP contribution >= 0.6 is 0 Å². The van der Waals surface area contributed by atoms with Gasteiger partial charge in [-0.1, -0.05) is 49.2 Å². The van der Waals surface area contributed by atoms with Gasteiger partial charge in [-0.15, -0.1) is 0 Å². The number of carbonyl (C=O) groups is 2. The quantitative estimate of drug-likeness (QED) is 0.348. The average molecular weight is 550 g/mol. The highest BCUT2D eigenvalue weighted by Gasteiger charge is 2.51. The zero-order valence-corrected chi connectivity index (χ0v) is 21.8. The third-order valence-electron chi connectivity index (χ3n) is 7.93. The van der Waals surface area contributed by atoms with E-state index in [1.165, 1.54) is 43.2 Å². The van der Waals surface area contributed by atoms with Crippen molar-refractivity contribution in [3.63, 3.8) is 0 Å². The summed E-state index contributed by atoms with van der Waals surface area (Å²) >= 11 is 0. The van der Waals surface area contributed by atoms with Gasteiger partial charge in [0.2, 0.25) is 6.79 Å². The van der Waals surface area contributed by atoms with Gasteiger partial charge in [0, 0.05) is 17.9 Å². The molecule has 212 valence electrons. The van der Waals surface area contributed by atoms with Gasteiger partial charge in [-0.3, -0.25) is 0 Å². The summed E-state index contributed by atoms with van der Waals surface area (Å²) in [6.07, 6.45) is 2.16. The van der Waals surface area contributed by atoms with Gasteiger partial charge in [0.25, 0.3) is 0 Å². The van der Waals surface area contributed by atoms with Crippen molar-refractivity contribution in [1.82, 2.24) is 5.32 Å². The Kier molecular flexibility index (Phi) is 9.04. The lowest BCUT2D eigenvalue weighted by Gasteiger charge is -2.56. The Hall–Kier alpha value is -3.27. The number of rotatable bonds is 6. The van der Waals surface area contributed by atoms with E-state index in [0.717, 1.165) is 30.2 Å². The Morgan fingerprint density at radius 2 is 1.87 bits per heavy atom. The van der Waals surface area contributed by atoms with E-state index < -0.39 is 18.3 Å². The monoisotopic (exact) mass is 549 g/mol. The predicted molar refractivity (Wildman–Crippen MR) is 137 cm³/mol. The SMILES string of the molecule is CC(Cc1ccccc1)OC(=O)OCOc1ccc2c(c1)[C@@]13CCCC[C@@H]1[C@H](C2)NCC3.O=C(O)C(F)(F)F. The molecule has 1 saturated carbocycles. The maximum atomic E-state index is 12.1. The molecule has 2 aromatic carbocycles. The van der Waals surface area contributed by atoms with E-state index in [0.29, 0.717) is 12.5 Å². The van der Waals surface area contributed by atoms with Crippen molar-refractivity contribution in [2.24, 2.45) is 5.92 Å². The minimum absolute atomic E-state index is 0.143. The molecule has 10 heteroatoms. The number of nitrogens with one attached hydrogen (secondary N) is 1. The number of alkyl halides is 3. The number of halogens is 3. The van der Waals surface area contributed by atoms with E-state index in [9.17, 15) is 18.0 Å². The second-order valence-corrected chi connectivity index (χ2v) is 10.4. The summed E-state index contributed by atoms with van der Waals surface area (Å²) in [5, 5.41) is 10.9. The molecular formula is C29H34F3NO6. The van der Waals surface area contributed by atoms with Crippen LogP contribution in [0, 0.1) is 5.92 Å². The first-order valence-corrected chi connectivity index (χ1v) is 13.3. The van der Waals surface area contributed by atoms with Gasteiger partial charge >= 0.3 is 18.3 Å². The maximum absolute atomic E-state index is 12.1. The van der Waals surface area contributed by atoms with E-state index >= 15 is 0 Å². The molecule has 2 aliphatic carbocycles. The second-order valence-electron chi connectivity index (χ2n) is 10.4. The molecule has 2 aromatic rings. The van der Waals surface area contributed by atoms with Gasteiger partial charge in [0.15, 0.2) is 0 Å². The smallest absolute Gasteiger partial charge is 0.475 e. The fourth-order valence-corrected chi connectivity index (χ4v) is 6.32. The summed E-state index contributed by atoms with van der Waals surface area (Å²) in [5.74, 6) is -1.26. The molecule has 1 saturated heterocycles. The molecule has 39 heavy (non-hydrogen) atoms. The number of carboxylic acids is 1. The molecule has 1 unspecified atom stereocenters. The van der Waals surface area contributed by atoms with E-state index in [2.05, 4.69) is 17.4 Å². The number of hydrogen-bond donors (Lipinski definition) is 2. The summed E-state index contributed by atoms with van der Waals surface area (Å²) in [7, 11) is 0. The van der Waals surface area contributed by atoms with Crippen LogP contribution in [0.15, 0.2) is 48.5 Å². The predicted octanol–water partition coefficient (Wildman–Crippen LogP) is 5.79. The Morgan fingerprint density at radius 3 is 2.59 bits per heavy atom. The number of fused-ring (bicyclic) bond motifs is 1. The van der Waals surface area contributed by atoms with Gasteiger partial charge in [-0.2, -0.15) is 13.2 Å². The van der Waals surface area contributed by atoms with Crippen molar-refractivity contribution >= 4 is 12.1 Å². The van der Waals surface area contributed by atoms with E-state index in [4.69, 9.17) is 24.1 Å². The molecule has 1 aliphatic heterocycles. The summed E-state index contributed by atoms with van der Waals surface area (Å²) in [4.78, 5) is 21.0. The molecule has 0 spiro atoms. The molecule has 4 atom stereocenters. The topological polar surface area (TPSA) is 94.1 Å². The number of carboxylic acid groups (broad SMARTS) is 1. The van der Waals surface area contributed by atoms with Crippen LogP contribution in [0.3, 0.4) is 0 Å². The summed E-state index contributed by atoms with van der Waals surface area (Å²) in [6.45, 7) is 2.82. The highest BCUT2D eigenvalue weighted by Crippen LogP contribution is 2.54. The summed E-state index contributed by atoms with van der Waals surface area (Å²) in [5.41, 5.74) is 4.33. The van der Waals surface area contributed by atoms with Crippen LogP contribution in [0.1, 0.15) is 55.7 Å². The number of aliphatic carboxylic acids is 1. The fourth-order valence-electron chi connectivity index (χ4n) is 6.32. The number of hydrogen-bond acceptors (Lipinski definition) is 6. The number of carbonyl (C=O) groups excluding carboxylic acids is 1. The first kappa shape index (κ1) is 28.7. The average Bonchev–Trinajstić information content (AvgIpc) is 2.89. The third kappa shape index (κ3) is 7.03. The molecule has 0 radical (unpaired) electrons. The van der Waals surface area contributed by atoms with Crippen molar-refractivity contribution < 1.29 is 42.1 Å². The van der Waals surface area contributed by atoms with Gasteiger partial charge in [0.05, 0.1) is 0 Å². The number of ether oxygens (including phenoxy) is 3. The van der Waals surface area contributed by atoms with Gasteiger partial charge in [-0.05, 0) is 73.9 Å². The molecule has 3 aliphatic rings. The lowest BCUT2D eigenvalue weighted by Crippen LogP contribution is -2.59. The van der Waals surface area contributed by atoms with Crippen LogP contribution in [0.25, 0.3) is 0 Å². The van der Waals surface area contributed by atoms with E-state index in [-0.39, 0.29) is 18.3 Å². The lowest BCUT2D eigenvalue weighted by molar-refractivity contribution is -0.192. The Morgan fingerprint density at radius 1 is 1.13 bits per heavy atom. The standard InChI is InChI=1S/C27H33NO4.C2HF3O2/c1-19(15-20-7-3-2-4-8-20)32-26(29)31-18-30-22-11-10-21-16-25-23-9-5-6-12-27(23,13-14-28-25)24(21)17-22;3-2(4,5)1(6)7/h2-4,7-8,10-11,17,19,23,25,28H,5-6,9,12-16,18H2,1H3;(H,6,7)/t19?,23-,25+,27-;/m1./s1. The highest BCUT2D eigenvalue weighted by molar-refractivity contribution is 5.73. The molecule has 2 bridgehead atoms. The van der Waals surface area contributed by atoms with Crippen molar-refractivity contribution in [3.8, 4) is 5.75 Å². The van der Waals surface area contributed by atoms with Crippen LogP contribution in [0.2, 0.25) is 0 Å². The van der Waals surface area contributed by atoms with Crippen molar-refractivity contribution in [2.75, 3.05) is 13.3 Å². The number of benzene rings is 2. The van der Waals surface area contributed by atoms with Crippen molar-refractivity contribution in [2.45, 2.75) is 75.6 Å². The second kappa shape index (κ2) is 12.3. The maximum Gasteiger partial charge on any atom is 0.511 e.